The smallest absolute Gasteiger partial charge is 0.240 e. The summed E-state index contributed by atoms with van der Waals surface area (Å²) >= 11 is 0. The minimum absolute atomic E-state index is 0.0733. The highest BCUT2D eigenvalue weighted by molar-refractivity contribution is 7.89. The first kappa shape index (κ1) is 22.4. The van der Waals surface area contributed by atoms with Crippen molar-refractivity contribution in [3.8, 4) is 5.75 Å². The van der Waals surface area contributed by atoms with E-state index in [1.165, 1.54) is 31.4 Å². The Morgan fingerprint density at radius 3 is 2.42 bits per heavy atom. The summed E-state index contributed by atoms with van der Waals surface area (Å²) in [6, 6.07) is 6.33. The molecule has 0 fully saturated rings. The minimum atomic E-state index is -3.62. The molecule has 1 unspecified atom stereocenters. The summed E-state index contributed by atoms with van der Waals surface area (Å²) in [7, 11) is -3.62. The van der Waals surface area contributed by atoms with Gasteiger partial charge in [-0.3, -0.25) is 4.79 Å². The molecule has 1 atom stereocenters. The Morgan fingerprint density at radius 2 is 1.81 bits per heavy atom. The van der Waals surface area contributed by atoms with Crippen LogP contribution in [0.1, 0.15) is 59.3 Å². The van der Waals surface area contributed by atoms with E-state index < -0.39 is 10.0 Å². The lowest BCUT2D eigenvalue weighted by atomic mass is 10.1. The predicted octanol–water partition coefficient (Wildman–Crippen LogP) is 3.23. The van der Waals surface area contributed by atoms with E-state index in [1.54, 1.807) is 12.1 Å². The molecule has 0 bridgehead atoms. The Balaban J connectivity index is 2.35. The van der Waals surface area contributed by atoms with E-state index in [4.69, 9.17) is 4.74 Å². The van der Waals surface area contributed by atoms with Gasteiger partial charge < -0.3 is 10.1 Å². The fraction of sp³-hybridized carbons (Fsp3) is 0.632. The van der Waals surface area contributed by atoms with Gasteiger partial charge in [0.15, 0.2) is 0 Å². The molecule has 6 nitrogen and oxygen atoms in total. The molecular formula is C19H32N2O4S. The van der Waals surface area contributed by atoms with Crippen molar-refractivity contribution >= 4 is 15.9 Å². The number of rotatable bonds is 13. The van der Waals surface area contributed by atoms with E-state index in [0.717, 1.165) is 12.8 Å². The number of carbonyl (C=O) groups excluding carboxylic acids is 1. The molecule has 0 saturated carbocycles. The average molecular weight is 385 g/mol. The number of amides is 1. The Bertz CT molecular complexity index is 629. The van der Waals surface area contributed by atoms with E-state index in [-0.39, 0.29) is 29.8 Å². The van der Waals surface area contributed by atoms with Crippen LogP contribution in [0.5, 0.6) is 5.75 Å². The second-order valence-electron chi connectivity index (χ2n) is 6.37. The quantitative estimate of drug-likeness (QED) is 0.511. The summed E-state index contributed by atoms with van der Waals surface area (Å²) in [5, 5.41) is 2.91. The number of benzene rings is 1. The molecule has 0 aliphatic carbocycles. The van der Waals surface area contributed by atoms with Crippen molar-refractivity contribution in [1.82, 2.24) is 10.0 Å². The van der Waals surface area contributed by atoms with Gasteiger partial charge in [-0.05, 0) is 44.5 Å². The van der Waals surface area contributed by atoms with Gasteiger partial charge in [-0.1, -0.05) is 32.6 Å². The third kappa shape index (κ3) is 8.67. The lowest BCUT2D eigenvalue weighted by molar-refractivity contribution is -0.121. The summed E-state index contributed by atoms with van der Waals surface area (Å²) in [6.45, 7) is 6.61. The highest BCUT2D eigenvalue weighted by Gasteiger charge is 2.15. The second-order valence-corrected chi connectivity index (χ2v) is 8.14. The number of hydrogen-bond donors (Lipinski definition) is 2. The zero-order valence-corrected chi connectivity index (χ0v) is 16.9. The Labute approximate surface area is 157 Å². The third-order valence-electron chi connectivity index (χ3n) is 3.99. The van der Waals surface area contributed by atoms with E-state index >= 15 is 0 Å². The van der Waals surface area contributed by atoms with E-state index in [0.29, 0.717) is 12.4 Å². The SMILES string of the molecule is CCCCCCC(C)NC(=O)CCNS(=O)(=O)c1ccc(OCC)cc1. The molecule has 0 spiro atoms. The number of ether oxygens (including phenoxy) is 1. The summed E-state index contributed by atoms with van der Waals surface area (Å²) in [4.78, 5) is 12.1. The normalized spacial score (nSPS) is 12.6. The molecule has 0 aliphatic rings. The molecule has 1 amide bonds. The third-order valence-corrected chi connectivity index (χ3v) is 5.46. The maximum atomic E-state index is 12.2. The first-order chi connectivity index (χ1) is 12.4. The predicted molar refractivity (Wildman–Crippen MR) is 104 cm³/mol. The van der Waals surface area contributed by atoms with Crippen LogP contribution in [0, 0.1) is 0 Å². The first-order valence-corrected chi connectivity index (χ1v) is 10.9. The number of unbranched alkanes of at least 4 members (excludes halogenated alkanes) is 3. The summed E-state index contributed by atoms with van der Waals surface area (Å²) < 4.78 is 32.2. The van der Waals surface area contributed by atoms with Crippen molar-refractivity contribution in [2.75, 3.05) is 13.2 Å². The summed E-state index contributed by atoms with van der Waals surface area (Å²) in [6.07, 6.45) is 5.75. The van der Waals surface area contributed by atoms with Crippen LogP contribution in [0.15, 0.2) is 29.2 Å². The van der Waals surface area contributed by atoms with Gasteiger partial charge in [0.25, 0.3) is 0 Å². The first-order valence-electron chi connectivity index (χ1n) is 9.41. The number of nitrogens with one attached hydrogen (secondary N) is 2. The molecular weight excluding hydrogens is 352 g/mol. The summed E-state index contributed by atoms with van der Waals surface area (Å²) in [5.41, 5.74) is 0. The minimum Gasteiger partial charge on any atom is -0.494 e. The van der Waals surface area contributed by atoms with Gasteiger partial charge in [-0.15, -0.1) is 0 Å². The lowest BCUT2D eigenvalue weighted by Crippen LogP contribution is -2.35. The molecule has 2 N–H and O–H groups in total. The molecule has 26 heavy (non-hydrogen) atoms. The topological polar surface area (TPSA) is 84.5 Å². The number of hydrogen-bond acceptors (Lipinski definition) is 4. The number of sulfonamides is 1. The highest BCUT2D eigenvalue weighted by atomic mass is 32.2. The molecule has 0 aliphatic heterocycles. The zero-order chi connectivity index (χ0) is 19.4. The van der Waals surface area contributed by atoms with E-state index in [9.17, 15) is 13.2 Å². The van der Waals surface area contributed by atoms with Crippen molar-refractivity contribution in [3.63, 3.8) is 0 Å². The van der Waals surface area contributed by atoms with Crippen LogP contribution >= 0.6 is 0 Å². The Morgan fingerprint density at radius 1 is 1.12 bits per heavy atom. The van der Waals surface area contributed by atoms with Crippen LogP contribution in [-0.4, -0.2) is 33.5 Å². The molecule has 1 aromatic carbocycles. The molecule has 0 saturated heterocycles. The number of carbonyl (C=O) groups is 1. The van der Waals surface area contributed by atoms with Crippen molar-refractivity contribution in [2.45, 2.75) is 70.2 Å². The van der Waals surface area contributed by atoms with Crippen LogP contribution in [0.4, 0.5) is 0 Å². The molecule has 148 valence electrons. The zero-order valence-electron chi connectivity index (χ0n) is 16.1. The largest absolute Gasteiger partial charge is 0.494 e. The summed E-state index contributed by atoms with van der Waals surface area (Å²) in [5.74, 6) is 0.487. The lowest BCUT2D eigenvalue weighted by Gasteiger charge is -2.14. The van der Waals surface area contributed by atoms with Gasteiger partial charge in [0.1, 0.15) is 5.75 Å². The van der Waals surface area contributed by atoms with Crippen molar-refractivity contribution in [1.29, 1.82) is 0 Å². The van der Waals surface area contributed by atoms with Gasteiger partial charge in [0, 0.05) is 19.0 Å². The average Bonchev–Trinajstić information content (AvgIpc) is 2.59. The highest BCUT2D eigenvalue weighted by Crippen LogP contribution is 2.15. The van der Waals surface area contributed by atoms with Crippen LogP contribution in [-0.2, 0) is 14.8 Å². The molecule has 0 heterocycles. The Kier molecular flexibility index (Phi) is 10.3. The van der Waals surface area contributed by atoms with Gasteiger partial charge in [-0.2, -0.15) is 0 Å². The monoisotopic (exact) mass is 384 g/mol. The van der Waals surface area contributed by atoms with Crippen molar-refractivity contribution in [2.24, 2.45) is 0 Å². The van der Waals surface area contributed by atoms with Gasteiger partial charge >= 0.3 is 0 Å². The van der Waals surface area contributed by atoms with Gasteiger partial charge in [-0.25, -0.2) is 13.1 Å². The van der Waals surface area contributed by atoms with Gasteiger partial charge in [0.2, 0.25) is 15.9 Å². The maximum absolute atomic E-state index is 12.2. The van der Waals surface area contributed by atoms with E-state index in [2.05, 4.69) is 17.0 Å². The molecule has 1 aromatic rings. The molecule has 1 rings (SSSR count). The van der Waals surface area contributed by atoms with E-state index in [1.807, 2.05) is 13.8 Å². The fourth-order valence-electron chi connectivity index (χ4n) is 2.56. The molecule has 0 aromatic heterocycles. The van der Waals surface area contributed by atoms with Crippen LogP contribution in [0.2, 0.25) is 0 Å². The molecule has 0 radical (unpaired) electrons. The fourth-order valence-corrected chi connectivity index (χ4v) is 3.59. The van der Waals surface area contributed by atoms with Crippen LogP contribution in [0.3, 0.4) is 0 Å². The Hall–Kier alpha value is -1.60. The molecule has 7 heteroatoms. The van der Waals surface area contributed by atoms with Crippen molar-refractivity contribution in [3.05, 3.63) is 24.3 Å². The van der Waals surface area contributed by atoms with Crippen LogP contribution < -0.4 is 14.8 Å². The maximum Gasteiger partial charge on any atom is 0.240 e. The van der Waals surface area contributed by atoms with Gasteiger partial charge in [0.05, 0.1) is 11.5 Å². The van der Waals surface area contributed by atoms with Crippen LogP contribution in [0.25, 0.3) is 0 Å². The standard InChI is InChI=1S/C19H32N2O4S/c1-4-6-7-8-9-16(3)21-19(22)14-15-20-26(23,24)18-12-10-17(11-13-18)25-5-2/h10-13,16,20H,4-9,14-15H2,1-3H3,(H,21,22). The second kappa shape index (κ2) is 11.9. The van der Waals surface area contributed by atoms with Crippen molar-refractivity contribution < 1.29 is 17.9 Å².